The summed E-state index contributed by atoms with van der Waals surface area (Å²) in [6.45, 7) is 3.61. The second-order valence-corrected chi connectivity index (χ2v) is 8.52. The Labute approximate surface area is 180 Å². The quantitative estimate of drug-likeness (QED) is 0.556. The van der Waals surface area contributed by atoms with Gasteiger partial charge >= 0.3 is 6.18 Å². The first-order valence-electron chi connectivity index (χ1n) is 9.05. The molecular weight excluding hydrogens is 439 g/mol. The van der Waals surface area contributed by atoms with E-state index in [0.29, 0.717) is 17.1 Å². The van der Waals surface area contributed by atoms with Crippen LogP contribution >= 0.6 is 23.4 Å². The maximum absolute atomic E-state index is 12.8. The van der Waals surface area contributed by atoms with Crippen molar-refractivity contribution >= 4 is 52.2 Å². The lowest BCUT2D eigenvalue weighted by Crippen LogP contribution is -2.39. The summed E-state index contributed by atoms with van der Waals surface area (Å²) in [5, 5.41) is 8.33. The lowest BCUT2D eigenvalue weighted by molar-refractivity contribution is -0.137. The fourth-order valence-electron chi connectivity index (χ4n) is 2.89. The Morgan fingerprint density at radius 2 is 1.93 bits per heavy atom. The SMILES string of the molecule is CC(C)[C@H](Nc1ccc(C(F)(F)F)cc1Cl)C(=O)Nc1ccc2c(c1)NC(=O)CS2. The minimum absolute atomic E-state index is 0.116. The molecule has 0 saturated carbocycles. The van der Waals surface area contributed by atoms with E-state index in [-0.39, 0.29) is 28.4 Å². The average molecular weight is 458 g/mol. The molecule has 10 heteroatoms. The van der Waals surface area contributed by atoms with Crippen LogP contribution in [-0.2, 0) is 15.8 Å². The third-order valence-corrected chi connectivity index (χ3v) is 5.82. The number of carbonyl (C=O) groups excluding carboxylic acids is 2. The number of hydrogen-bond acceptors (Lipinski definition) is 4. The summed E-state index contributed by atoms with van der Waals surface area (Å²) < 4.78 is 38.5. The zero-order chi connectivity index (χ0) is 22.1. The van der Waals surface area contributed by atoms with Crippen molar-refractivity contribution < 1.29 is 22.8 Å². The fraction of sp³-hybridized carbons (Fsp3) is 0.300. The third kappa shape index (κ3) is 5.20. The van der Waals surface area contributed by atoms with E-state index in [1.807, 2.05) is 0 Å². The third-order valence-electron chi connectivity index (χ3n) is 4.44. The number of fused-ring (bicyclic) bond motifs is 1. The summed E-state index contributed by atoms with van der Waals surface area (Å²) in [4.78, 5) is 25.3. The second-order valence-electron chi connectivity index (χ2n) is 7.10. The number of nitrogens with one attached hydrogen (secondary N) is 3. The summed E-state index contributed by atoms with van der Waals surface area (Å²) in [5.74, 6) is -0.340. The molecule has 0 fully saturated rings. The predicted molar refractivity (Wildman–Crippen MR) is 113 cm³/mol. The molecule has 1 aliphatic heterocycles. The fourth-order valence-corrected chi connectivity index (χ4v) is 3.92. The Kier molecular flexibility index (Phi) is 6.52. The lowest BCUT2D eigenvalue weighted by atomic mass is 10.0. The van der Waals surface area contributed by atoms with E-state index in [4.69, 9.17) is 11.6 Å². The van der Waals surface area contributed by atoms with Crippen LogP contribution in [0.15, 0.2) is 41.3 Å². The molecule has 1 heterocycles. The van der Waals surface area contributed by atoms with Gasteiger partial charge in [0.2, 0.25) is 11.8 Å². The van der Waals surface area contributed by atoms with E-state index < -0.39 is 17.8 Å². The average Bonchev–Trinajstić information content (AvgIpc) is 2.65. The van der Waals surface area contributed by atoms with Crippen molar-refractivity contribution in [3.05, 3.63) is 47.0 Å². The first-order valence-corrected chi connectivity index (χ1v) is 10.4. The highest BCUT2D eigenvalue weighted by molar-refractivity contribution is 8.00. The van der Waals surface area contributed by atoms with Crippen molar-refractivity contribution in [2.24, 2.45) is 5.92 Å². The van der Waals surface area contributed by atoms with E-state index in [1.54, 1.807) is 32.0 Å². The number of anilines is 3. The monoisotopic (exact) mass is 457 g/mol. The zero-order valence-electron chi connectivity index (χ0n) is 16.1. The number of rotatable bonds is 5. The van der Waals surface area contributed by atoms with Crippen LogP contribution in [0.4, 0.5) is 30.2 Å². The highest BCUT2D eigenvalue weighted by Gasteiger charge is 2.31. The highest BCUT2D eigenvalue weighted by Crippen LogP contribution is 2.35. The Bertz CT molecular complexity index is 982. The van der Waals surface area contributed by atoms with Gasteiger partial charge in [0.1, 0.15) is 6.04 Å². The molecule has 0 unspecified atom stereocenters. The molecule has 2 aromatic rings. The van der Waals surface area contributed by atoms with Crippen molar-refractivity contribution in [3.63, 3.8) is 0 Å². The Morgan fingerprint density at radius 1 is 1.20 bits per heavy atom. The molecule has 0 radical (unpaired) electrons. The lowest BCUT2D eigenvalue weighted by Gasteiger charge is -2.24. The molecular formula is C20H19ClF3N3O2S. The van der Waals surface area contributed by atoms with Crippen molar-refractivity contribution in [1.82, 2.24) is 0 Å². The van der Waals surface area contributed by atoms with Crippen LogP contribution in [0.2, 0.25) is 5.02 Å². The minimum atomic E-state index is -4.50. The number of alkyl halides is 3. The molecule has 0 bridgehead atoms. The minimum Gasteiger partial charge on any atom is -0.372 e. The van der Waals surface area contributed by atoms with E-state index in [1.165, 1.54) is 17.8 Å². The van der Waals surface area contributed by atoms with Gasteiger partial charge in [-0.25, -0.2) is 0 Å². The smallest absolute Gasteiger partial charge is 0.372 e. The van der Waals surface area contributed by atoms with Crippen LogP contribution < -0.4 is 16.0 Å². The Balaban J connectivity index is 1.76. The van der Waals surface area contributed by atoms with Gasteiger partial charge in [0.15, 0.2) is 0 Å². The van der Waals surface area contributed by atoms with Crippen molar-refractivity contribution in [1.29, 1.82) is 0 Å². The topological polar surface area (TPSA) is 70.2 Å². The van der Waals surface area contributed by atoms with E-state index in [2.05, 4.69) is 16.0 Å². The van der Waals surface area contributed by atoms with E-state index in [9.17, 15) is 22.8 Å². The standard InChI is InChI=1S/C20H19ClF3N3O2S/c1-10(2)18(27-14-5-3-11(7-13(14)21)20(22,23)24)19(29)25-12-4-6-16-15(8-12)26-17(28)9-30-16/h3-8,10,18,27H,9H2,1-2H3,(H,25,29)(H,26,28)/t18-/m0/s1. The molecule has 1 aliphatic rings. The van der Waals surface area contributed by atoms with Gasteiger partial charge in [-0.2, -0.15) is 13.2 Å². The van der Waals surface area contributed by atoms with Gasteiger partial charge in [0.05, 0.1) is 27.7 Å². The van der Waals surface area contributed by atoms with E-state index >= 15 is 0 Å². The normalized spacial score (nSPS) is 14.7. The van der Waals surface area contributed by atoms with Gasteiger partial charge in [0.25, 0.3) is 0 Å². The predicted octanol–water partition coefficient (Wildman–Crippen LogP) is 5.48. The summed E-state index contributed by atoms with van der Waals surface area (Å²) in [5.41, 5.74) is 0.478. The molecule has 3 N–H and O–H groups in total. The largest absolute Gasteiger partial charge is 0.416 e. The molecule has 2 amide bonds. The van der Waals surface area contributed by atoms with Crippen molar-refractivity contribution in [2.45, 2.75) is 31.0 Å². The number of amides is 2. The number of benzene rings is 2. The van der Waals surface area contributed by atoms with Crippen LogP contribution in [0.3, 0.4) is 0 Å². The molecule has 3 rings (SSSR count). The Hall–Kier alpha value is -2.39. The maximum Gasteiger partial charge on any atom is 0.416 e. The zero-order valence-corrected chi connectivity index (χ0v) is 17.6. The number of thioether (sulfide) groups is 1. The summed E-state index contributed by atoms with van der Waals surface area (Å²) in [7, 11) is 0. The van der Waals surface area contributed by atoms with Crippen molar-refractivity contribution in [2.75, 3.05) is 21.7 Å². The van der Waals surface area contributed by atoms with Gasteiger partial charge in [-0.3, -0.25) is 9.59 Å². The molecule has 0 aromatic heterocycles. The molecule has 0 spiro atoms. The van der Waals surface area contributed by atoms with Crippen LogP contribution in [0.5, 0.6) is 0 Å². The first-order chi connectivity index (χ1) is 14.0. The maximum atomic E-state index is 12.8. The number of carbonyl (C=O) groups is 2. The molecule has 2 aromatic carbocycles. The van der Waals surface area contributed by atoms with Gasteiger partial charge in [-0.1, -0.05) is 25.4 Å². The summed E-state index contributed by atoms with van der Waals surface area (Å²) >= 11 is 7.42. The van der Waals surface area contributed by atoms with Gasteiger partial charge in [0, 0.05) is 10.6 Å². The number of halogens is 4. The van der Waals surface area contributed by atoms with Crippen LogP contribution in [0, 0.1) is 5.92 Å². The van der Waals surface area contributed by atoms with Gasteiger partial charge < -0.3 is 16.0 Å². The molecule has 160 valence electrons. The highest BCUT2D eigenvalue weighted by atomic mass is 35.5. The van der Waals surface area contributed by atoms with Crippen LogP contribution in [0.1, 0.15) is 19.4 Å². The van der Waals surface area contributed by atoms with Crippen LogP contribution in [0.25, 0.3) is 0 Å². The Morgan fingerprint density at radius 3 is 2.57 bits per heavy atom. The first kappa shape index (κ1) is 22.3. The second kappa shape index (κ2) is 8.77. The molecule has 30 heavy (non-hydrogen) atoms. The molecule has 0 saturated heterocycles. The number of hydrogen-bond donors (Lipinski definition) is 3. The van der Waals surface area contributed by atoms with E-state index in [0.717, 1.165) is 17.0 Å². The van der Waals surface area contributed by atoms with Crippen molar-refractivity contribution in [3.8, 4) is 0 Å². The van der Waals surface area contributed by atoms with Crippen LogP contribution in [-0.4, -0.2) is 23.6 Å². The summed E-state index contributed by atoms with van der Waals surface area (Å²) in [6.07, 6.45) is -4.50. The van der Waals surface area contributed by atoms with Gasteiger partial charge in [-0.05, 0) is 42.3 Å². The molecule has 1 atom stereocenters. The molecule has 0 aliphatic carbocycles. The van der Waals surface area contributed by atoms with Gasteiger partial charge in [-0.15, -0.1) is 11.8 Å². The molecule has 5 nitrogen and oxygen atoms in total. The summed E-state index contributed by atoms with van der Waals surface area (Å²) in [6, 6.07) is 7.39.